The molecule has 0 bridgehead atoms. The summed E-state index contributed by atoms with van der Waals surface area (Å²) < 4.78 is 0. The van der Waals surface area contributed by atoms with E-state index in [4.69, 9.17) is 17.3 Å². The van der Waals surface area contributed by atoms with Crippen LogP contribution in [0.3, 0.4) is 0 Å². The lowest BCUT2D eigenvalue weighted by Gasteiger charge is -2.07. The fourth-order valence-electron chi connectivity index (χ4n) is 0.936. The van der Waals surface area contributed by atoms with Crippen LogP contribution in [0, 0.1) is 10.1 Å². The molecule has 74 valence electrons. The summed E-state index contributed by atoms with van der Waals surface area (Å²) in [6, 6.07) is -0.546. The minimum Gasteiger partial charge on any atom is -0.321 e. The van der Waals surface area contributed by atoms with Crippen molar-refractivity contribution in [3.8, 4) is 0 Å². The maximum Gasteiger partial charge on any atom is 0.306 e. The van der Waals surface area contributed by atoms with Crippen LogP contribution in [0.5, 0.6) is 0 Å². The van der Waals surface area contributed by atoms with E-state index in [9.17, 15) is 10.1 Å². The van der Waals surface area contributed by atoms with Gasteiger partial charge >= 0.3 is 5.69 Å². The average Bonchev–Trinajstić information content (AvgIpc) is 2.16. The number of nitrogens with zero attached hydrogens (tertiary/aromatic N) is 2. The van der Waals surface area contributed by atoms with E-state index in [1.54, 1.807) is 0 Å². The van der Waals surface area contributed by atoms with Gasteiger partial charge in [0.25, 0.3) is 0 Å². The molecule has 0 unspecified atom stereocenters. The Morgan fingerprint density at radius 1 is 1.71 bits per heavy atom. The van der Waals surface area contributed by atoms with Crippen molar-refractivity contribution in [1.82, 2.24) is 4.98 Å². The van der Waals surface area contributed by atoms with E-state index < -0.39 is 11.0 Å². The van der Waals surface area contributed by atoms with Gasteiger partial charge in [0.05, 0.1) is 11.0 Å². The zero-order valence-corrected chi connectivity index (χ0v) is 7.94. The van der Waals surface area contributed by atoms with Gasteiger partial charge in [0, 0.05) is 11.8 Å². The van der Waals surface area contributed by atoms with Gasteiger partial charge in [-0.2, -0.15) is 0 Å². The molecule has 0 saturated heterocycles. The minimum absolute atomic E-state index is 0.0115. The second-order valence-electron chi connectivity index (χ2n) is 2.58. The van der Waals surface area contributed by atoms with E-state index in [2.05, 4.69) is 11.6 Å². The van der Waals surface area contributed by atoms with Crippen molar-refractivity contribution in [2.45, 2.75) is 6.04 Å². The fourth-order valence-corrected chi connectivity index (χ4v) is 1.23. The third-order valence-corrected chi connectivity index (χ3v) is 2.11. The lowest BCUT2D eigenvalue weighted by atomic mass is 10.1. The highest BCUT2D eigenvalue weighted by atomic mass is 35.5. The fraction of sp³-hybridized carbons (Fsp3) is 0.125. The maximum absolute atomic E-state index is 10.5. The molecule has 0 aliphatic carbocycles. The lowest BCUT2D eigenvalue weighted by molar-refractivity contribution is -0.385. The van der Waals surface area contributed by atoms with Gasteiger partial charge in [-0.25, -0.2) is 0 Å². The number of nitro groups is 1. The molecular formula is C8H8ClN3O2. The second kappa shape index (κ2) is 4.17. The molecule has 0 amide bonds. The van der Waals surface area contributed by atoms with Crippen LogP contribution in [-0.2, 0) is 0 Å². The number of nitrogens with two attached hydrogens (primary N) is 1. The Morgan fingerprint density at radius 3 is 2.86 bits per heavy atom. The van der Waals surface area contributed by atoms with Crippen LogP contribution in [0.15, 0.2) is 25.0 Å². The first-order valence-corrected chi connectivity index (χ1v) is 4.11. The first-order chi connectivity index (χ1) is 6.57. The van der Waals surface area contributed by atoms with E-state index in [1.807, 2.05) is 0 Å². The van der Waals surface area contributed by atoms with Crippen LogP contribution in [-0.4, -0.2) is 9.91 Å². The molecule has 1 heterocycles. The molecule has 0 spiro atoms. The van der Waals surface area contributed by atoms with Crippen molar-refractivity contribution < 1.29 is 4.92 Å². The summed E-state index contributed by atoms with van der Waals surface area (Å²) in [4.78, 5) is 13.6. The molecule has 1 atom stereocenters. The van der Waals surface area contributed by atoms with Crippen LogP contribution in [0.2, 0.25) is 5.02 Å². The van der Waals surface area contributed by atoms with Crippen LogP contribution in [0.25, 0.3) is 0 Å². The van der Waals surface area contributed by atoms with Crippen molar-refractivity contribution >= 4 is 17.3 Å². The Balaban J connectivity index is 3.26. The smallest absolute Gasteiger partial charge is 0.306 e. The molecule has 0 aliphatic rings. The number of rotatable bonds is 3. The third-order valence-electron chi connectivity index (χ3n) is 1.70. The molecule has 0 fully saturated rings. The van der Waals surface area contributed by atoms with E-state index in [0.29, 0.717) is 5.56 Å². The molecule has 1 aromatic rings. The minimum atomic E-state index is -0.603. The van der Waals surface area contributed by atoms with Gasteiger partial charge in [-0.15, -0.1) is 6.58 Å². The lowest BCUT2D eigenvalue weighted by Crippen LogP contribution is -2.08. The summed E-state index contributed by atoms with van der Waals surface area (Å²) in [6.07, 6.45) is 3.91. The third kappa shape index (κ3) is 1.89. The maximum atomic E-state index is 10.5. The van der Waals surface area contributed by atoms with Gasteiger partial charge in [-0.05, 0) is 0 Å². The van der Waals surface area contributed by atoms with Crippen molar-refractivity contribution in [2.75, 3.05) is 0 Å². The SMILES string of the molecule is C=C[C@H](N)c1cncc([N+](=O)[O-])c1Cl. The van der Waals surface area contributed by atoms with E-state index in [1.165, 1.54) is 12.3 Å². The summed E-state index contributed by atoms with van der Waals surface area (Å²) in [7, 11) is 0. The van der Waals surface area contributed by atoms with Gasteiger partial charge in [-0.3, -0.25) is 15.1 Å². The van der Waals surface area contributed by atoms with Gasteiger partial charge < -0.3 is 5.73 Å². The topological polar surface area (TPSA) is 82.0 Å². The van der Waals surface area contributed by atoms with Crippen LogP contribution < -0.4 is 5.73 Å². The van der Waals surface area contributed by atoms with Crippen molar-refractivity contribution in [1.29, 1.82) is 0 Å². The molecule has 1 rings (SSSR count). The number of hydrogen-bond donors (Lipinski definition) is 1. The Kier molecular flexibility index (Phi) is 3.16. The molecule has 0 saturated carbocycles. The van der Waals surface area contributed by atoms with Crippen molar-refractivity contribution in [2.24, 2.45) is 5.73 Å². The predicted octanol–water partition coefficient (Wildman–Crippen LogP) is 1.83. The molecule has 2 N–H and O–H groups in total. The van der Waals surface area contributed by atoms with Gasteiger partial charge in [0.2, 0.25) is 0 Å². The van der Waals surface area contributed by atoms with E-state index >= 15 is 0 Å². The second-order valence-corrected chi connectivity index (χ2v) is 2.96. The average molecular weight is 214 g/mol. The van der Waals surface area contributed by atoms with Crippen LogP contribution >= 0.6 is 11.6 Å². The number of hydrogen-bond acceptors (Lipinski definition) is 4. The highest BCUT2D eigenvalue weighted by Crippen LogP contribution is 2.29. The summed E-state index contributed by atoms with van der Waals surface area (Å²) in [6.45, 7) is 3.47. The first kappa shape index (κ1) is 10.6. The molecule has 0 aliphatic heterocycles. The molecule has 6 heteroatoms. The van der Waals surface area contributed by atoms with Gasteiger partial charge in [-0.1, -0.05) is 17.7 Å². The Hall–Kier alpha value is -1.46. The van der Waals surface area contributed by atoms with Gasteiger partial charge in [0.15, 0.2) is 0 Å². The van der Waals surface area contributed by atoms with E-state index in [0.717, 1.165) is 6.20 Å². The number of aromatic nitrogens is 1. The molecule has 0 aromatic carbocycles. The summed E-state index contributed by atoms with van der Waals surface area (Å²) in [5, 5.41) is 10.5. The first-order valence-electron chi connectivity index (χ1n) is 3.74. The molecule has 1 aromatic heterocycles. The Morgan fingerprint density at radius 2 is 2.36 bits per heavy atom. The van der Waals surface area contributed by atoms with E-state index in [-0.39, 0.29) is 10.7 Å². The molecule has 0 radical (unpaired) electrons. The summed E-state index contributed by atoms with van der Waals surface area (Å²) in [5.74, 6) is 0. The molecule has 14 heavy (non-hydrogen) atoms. The van der Waals surface area contributed by atoms with Crippen molar-refractivity contribution in [3.05, 3.63) is 45.7 Å². The predicted molar refractivity (Wildman–Crippen MR) is 53.0 cm³/mol. The number of pyridine rings is 1. The highest BCUT2D eigenvalue weighted by Gasteiger charge is 2.18. The largest absolute Gasteiger partial charge is 0.321 e. The number of halogens is 1. The summed E-state index contributed by atoms with van der Waals surface area (Å²) >= 11 is 5.77. The standard InChI is InChI=1S/C8H8ClN3O2/c1-2-6(10)5-3-11-4-7(8(5)9)12(13)14/h2-4,6H,1,10H2/t6-/m0/s1. The normalized spacial score (nSPS) is 12.1. The molecular weight excluding hydrogens is 206 g/mol. The zero-order chi connectivity index (χ0) is 10.7. The summed E-state index contributed by atoms with van der Waals surface area (Å²) in [5.41, 5.74) is 5.75. The Labute approximate surface area is 85.4 Å². The zero-order valence-electron chi connectivity index (χ0n) is 7.18. The highest BCUT2D eigenvalue weighted by molar-refractivity contribution is 6.33. The monoisotopic (exact) mass is 213 g/mol. The molecule has 5 nitrogen and oxygen atoms in total. The van der Waals surface area contributed by atoms with Gasteiger partial charge in [0.1, 0.15) is 11.2 Å². The quantitative estimate of drug-likeness (QED) is 0.472. The van der Waals surface area contributed by atoms with Crippen LogP contribution in [0.4, 0.5) is 5.69 Å². The van der Waals surface area contributed by atoms with Crippen molar-refractivity contribution in [3.63, 3.8) is 0 Å². The van der Waals surface area contributed by atoms with Crippen LogP contribution in [0.1, 0.15) is 11.6 Å². The Bertz CT molecular complexity index is 381.